The van der Waals surface area contributed by atoms with E-state index in [1.807, 2.05) is 19.1 Å². The van der Waals surface area contributed by atoms with Gasteiger partial charge in [-0.3, -0.25) is 4.99 Å². The Kier molecular flexibility index (Phi) is 11.0. The second-order valence-corrected chi connectivity index (χ2v) is 7.70. The van der Waals surface area contributed by atoms with Crippen LogP contribution < -0.4 is 15.4 Å². The van der Waals surface area contributed by atoms with Crippen molar-refractivity contribution in [3.8, 4) is 5.75 Å². The summed E-state index contributed by atoms with van der Waals surface area (Å²) in [6.07, 6.45) is 0.790. The van der Waals surface area contributed by atoms with Crippen molar-refractivity contribution in [2.75, 3.05) is 38.8 Å². The largest absolute Gasteiger partial charge is 0.496 e. The highest BCUT2D eigenvalue weighted by Crippen LogP contribution is 2.19. The Bertz CT molecular complexity index is 633. The van der Waals surface area contributed by atoms with Crippen molar-refractivity contribution in [2.24, 2.45) is 4.99 Å². The lowest BCUT2D eigenvalue weighted by Crippen LogP contribution is -2.40. The first-order valence-corrected chi connectivity index (χ1v) is 9.52. The van der Waals surface area contributed by atoms with Crippen LogP contribution in [0, 0.1) is 6.92 Å². The molecule has 0 saturated heterocycles. The van der Waals surface area contributed by atoms with Gasteiger partial charge in [0, 0.05) is 25.9 Å². The van der Waals surface area contributed by atoms with Gasteiger partial charge >= 0.3 is 0 Å². The summed E-state index contributed by atoms with van der Waals surface area (Å²) >= 11 is 0. The molecule has 0 aromatic heterocycles. The summed E-state index contributed by atoms with van der Waals surface area (Å²) in [4.78, 5) is 4.09. The third-order valence-electron chi connectivity index (χ3n) is 3.49. The molecular formula is C16H28IN3O3S. The molecule has 0 aliphatic heterocycles. The molecule has 1 aromatic carbocycles. The number of guanidine groups is 1. The summed E-state index contributed by atoms with van der Waals surface area (Å²) in [6, 6.07) is 6.09. The molecular weight excluding hydrogens is 441 g/mol. The summed E-state index contributed by atoms with van der Waals surface area (Å²) in [7, 11) is 0.364. The number of aliphatic imine (C=N–C) groups is 1. The van der Waals surface area contributed by atoms with Gasteiger partial charge in [-0.25, -0.2) is 8.42 Å². The van der Waals surface area contributed by atoms with Gasteiger partial charge in [0.2, 0.25) is 0 Å². The average molecular weight is 469 g/mol. The monoisotopic (exact) mass is 469 g/mol. The van der Waals surface area contributed by atoms with Crippen molar-refractivity contribution in [2.45, 2.75) is 20.3 Å². The Hall–Kier alpha value is -1.03. The number of nitrogens with zero attached hydrogens (tertiary/aromatic N) is 1. The van der Waals surface area contributed by atoms with Gasteiger partial charge in [0.1, 0.15) is 5.75 Å². The molecule has 0 radical (unpaired) electrons. The van der Waals surface area contributed by atoms with Gasteiger partial charge in [-0.2, -0.15) is 0 Å². The van der Waals surface area contributed by atoms with Crippen LogP contribution in [0.3, 0.4) is 0 Å². The molecule has 0 aliphatic carbocycles. The molecule has 1 rings (SSSR count). The lowest BCUT2D eigenvalue weighted by atomic mass is 10.1. The minimum Gasteiger partial charge on any atom is -0.496 e. The van der Waals surface area contributed by atoms with Gasteiger partial charge in [0.25, 0.3) is 0 Å². The van der Waals surface area contributed by atoms with Crippen LogP contribution >= 0.6 is 24.0 Å². The summed E-state index contributed by atoms with van der Waals surface area (Å²) in [5, 5.41) is 6.20. The number of sulfone groups is 1. The van der Waals surface area contributed by atoms with Gasteiger partial charge in [-0.1, -0.05) is 24.6 Å². The fourth-order valence-electron chi connectivity index (χ4n) is 2.11. The molecule has 0 spiro atoms. The van der Waals surface area contributed by atoms with E-state index in [0.29, 0.717) is 19.0 Å². The molecule has 0 unspecified atom stereocenters. The molecule has 2 N–H and O–H groups in total. The number of benzene rings is 1. The lowest BCUT2D eigenvalue weighted by Gasteiger charge is -2.13. The maximum absolute atomic E-state index is 11.5. The van der Waals surface area contributed by atoms with E-state index in [9.17, 15) is 8.42 Å². The van der Waals surface area contributed by atoms with E-state index >= 15 is 0 Å². The number of hydrogen-bond acceptors (Lipinski definition) is 4. The quantitative estimate of drug-likeness (QED) is 0.345. The Morgan fingerprint density at radius 2 is 1.92 bits per heavy atom. The van der Waals surface area contributed by atoms with Gasteiger partial charge in [-0.05, 0) is 25.0 Å². The zero-order chi connectivity index (χ0) is 17.3. The predicted molar refractivity (Wildman–Crippen MR) is 111 cm³/mol. The fraction of sp³-hybridized carbons (Fsp3) is 0.562. The topological polar surface area (TPSA) is 79.8 Å². The van der Waals surface area contributed by atoms with Crippen molar-refractivity contribution < 1.29 is 13.2 Å². The number of halogens is 1. The Labute approximate surface area is 162 Å². The molecule has 6 nitrogen and oxygen atoms in total. The van der Waals surface area contributed by atoms with Crippen molar-refractivity contribution >= 4 is 39.8 Å². The van der Waals surface area contributed by atoms with Crippen LogP contribution in [-0.2, 0) is 16.3 Å². The second-order valence-electron chi connectivity index (χ2n) is 5.23. The summed E-state index contributed by atoms with van der Waals surface area (Å²) < 4.78 is 28.3. The minimum absolute atomic E-state index is 0. The van der Waals surface area contributed by atoms with E-state index in [-0.39, 0.29) is 35.5 Å². The van der Waals surface area contributed by atoms with E-state index in [0.717, 1.165) is 17.7 Å². The van der Waals surface area contributed by atoms with Crippen molar-refractivity contribution in [3.63, 3.8) is 0 Å². The average Bonchev–Trinajstić information content (AvgIpc) is 2.53. The maximum atomic E-state index is 11.5. The third kappa shape index (κ3) is 8.18. The first-order valence-electron chi connectivity index (χ1n) is 7.70. The van der Waals surface area contributed by atoms with E-state index < -0.39 is 9.84 Å². The molecule has 0 atom stereocenters. The first kappa shape index (κ1) is 23.0. The van der Waals surface area contributed by atoms with Crippen molar-refractivity contribution in [1.29, 1.82) is 0 Å². The summed E-state index contributed by atoms with van der Waals surface area (Å²) in [5.41, 5.74) is 2.32. The minimum atomic E-state index is -2.96. The van der Waals surface area contributed by atoms with Crippen LogP contribution in [0.1, 0.15) is 18.1 Å². The van der Waals surface area contributed by atoms with Crippen molar-refractivity contribution in [3.05, 3.63) is 29.3 Å². The molecule has 0 bridgehead atoms. The van der Waals surface area contributed by atoms with E-state index in [1.54, 1.807) is 21.1 Å². The number of ether oxygens (including phenoxy) is 1. The molecule has 0 amide bonds. The number of hydrogen-bond donors (Lipinski definition) is 2. The van der Waals surface area contributed by atoms with Crippen LogP contribution in [0.5, 0.6) is 5.75 Å². The fourth-order valence-corrected chi connectivity index (χ4v) is 2.81. The van der Waals surface area contributed by atoms with Gasteiger partial charge in [-0.15, -0.1) is 24.0 Å². The summed E-state index contributed by atoms with van der Waals surface area (Å²) in [5.74, 6) is 1.74. The molecule has 8 heteroatoms. The molecule has 0 heterocycles. The smallest absolute Gasteiger partial charge is 0.191 e. The van der Waals surface area contributed by atoms with Gasteiger partial charge in [0.15, 0.2) is 15.8 Å². The summed E-state index contributed by atoms with van der Waals surface area (Å²) in [6.45, 7) is 4.73. The number of rotatable bonds is 8. The third-order valence-corrected chi connectivity index (χ3v) is 5.20. The first-order chi connectivity index (χ1) is 10.9. The van der Waals surface area contributed by atoms with Crippen LogP contribution in [0.15, 0.2) is 23.2 Å². The second kappa shape index (κ2) is 11.5. The highest BCUT2D eigenvalue weighted by atomic mass is 127. The maximum Gasteiger partial charge on any atom is 0.191 e. The SMILES string of the molecule is CCS(=O)(=O)CCNC(=NC)NCCc1cc(C)ccc1OC.I. The predicted octanol–water partition coefficient (Wildman–Crippen LogP) is 1.76. The highest BCUT2D eigenvalue weighted by Gasteiger charge is 2.08. The van der Waals surface area contributed by atoms with Crippen molar-refractivity contribution in [1.82, 2.24) is 10.6 Å². The Morgan fingerprint density at radius 3 is 2.50 bits per heavy atom. The van der Waals surface area contributed by atoms with Crippen LogP contribution in [0.2, 0.25) is 0 Å². The normalized spacial score (nSPS) is 11.6. The molecule has 138 valence electrons. The molecule has 0 saturated carbocycles. The van der Waals surface area contributed by atoms with E-state index in [4.69, 9.17) is 4.74 Å². The van der Waals surface area contributed by atoms with Crippen LogP contribution in [-0.4, -0.2) is 53.1 Å². The molecule has 0 aliphatic rings. The van der Waals surface area contributed by atoms with Gasteiger partial charge < -0.3 is 15.4 Å². The van der Waals surface area contributed by atoms with Gasteiger partial charge in [0.05, 0.1) is 12.9 Å². The molecule has 1 aromatic rings. The van der Waals surface area contributed by atoms with Crippen LogP contribution in [0.25, 0.3) is 0 Å². The Morgan fingerprint density at radius 1 is 1.25 bits per heavy atom. The zero-order valence-corrected chi connectivity index (χ0v) is 17.9. The molecule has 24 heavy (non-hydrogen) atoms. The molecule has 0 fully saturated rings. The van der Waals surface area contributed by atoms with E-state index in [2.05, 4.69) is 21.7 Å². The number of nitrogens with one attached hydrogen (secondary N) is 2. The zero-order valence-electron chi connectivity index (χ0n) is 14.8. The van der Waals surface area contributed by atoms with Crippen LogP contribution in [0.4, 0.5) is 0 Å². The Balaban J connectivity index is 0.00000529. The number of aryl methyl sites for hydroxylation is 1. The number of methoxy groups -OCH3 is 1. The standard InChI is InChI=1S/C16H27N3O3S.HI/c1-5-23(20,21)11-10-19-16(17-3)18-9-8-14-12-13(2)6-7-15(14)22-4;/h6-7,12H,5,8-11H2,1-4H3,(H2,17,18,19);1H. The van der Waals surface area contributed by atoms with E-state index in [1.165, 1.54) is 5.56 Å². The lowest BCUT2D eigenvalue weighted by molar-refractivity contribution is 0.409. The highest BCUT2D eigenvalue weighted by molar-refractivity contribution is 14.0.